The van der Waals surface area contributed by atoms with Crippen LogP contribution in [0.3, 0.4) is 0 Å². The lowest BCUT2D eigenvalue weighted by Gasteiger charge is -2.39. The van der Waals surface area contributed by atoms with Crippen LogP contribution in [0, 0.1) is 0 Å². The van der Waals surface area contributed by atoms with Crippen LogP contribution in [-0.4, -0.2) is 67.8 Å². The second-order valence-electron chi connectivity index (χ2n) is 6.47. The number of pyridine rings is 1. The number of hydrogen-bond acceptors (Lipinski definition) is 8. The van der Waals surface area contributed by atoms with Gasteiger partial charge in [0.05, 0.1) is 17.6 Å². The molecule has 2 aromatic carbocycles. The van der Waals surface area contributed by atoms with Gasteiger partial charge in [-0.2, -0.15) is 0 Å². The van der Waals surface area contributed by atoms with Gasteiger partial charge < -0.3 is 35.0 Å². The van der Waals surface area contributed by atoms with E-state index in [0.29, 0.717) is 27.6 Å². The molecule has 3 aromatic rings. The van der Waals surface area contributed by atoms with Crippen molar-refractivity contribution in [2.24, 2.45) is 0 Å². The van der Waals surface area contributed by atoms with Gasteiger partial charge in [-0.1, -0.05) is 12.1 Å². The minimum atomic E-state index is -1.53. The molecule has 27 heavy (non-hydrogen) atoms. The maximum Gasteiger partial charge on any atom is 0.229 e. The van der Waals surface area contributed by atoms with Crippen LogP contribution >= 0.6 is 0 Å². The van der Waals surface area contributed by atoms with Crippen LogP contribution < -0.4 is 4.74 Å². The number of aliphatic hydroxyl groups is 4. The molecular formula is C19H19NO7. The monoisotopic (exact) mass is 373 g/mol. The molecule has 0 amide bonds. The quantitative estimate of drug-likeness (QED) is 0.413. The lowest BCUT2D eigenvalue weighted by molar-refractivity contribution is -0.277. The third-order valence-electron chi connectivity index (χ3n) is 4.72. The molecule has 1 unspecified atom stereocenters. The fourth-order valence-corrected chi connectivity index (χ4v) is 3.23. The summed E-state index contributed by atoms with van der Waals surface area (Å²) in [7, 11) is 0. The Morgan fingerprint density at radius 1 is 0.926 bits per heavy atom. The van der Waals surface area contributed by atoms with Gasteiger partial charge in [0.25, 0.3) is 0 Å². The summed E-state index contributed by atoms with van der Waals surface area (Å²) >= 11 is 0. The summed E-state index contributed by atoms with van der Waals surface area (Å²) in [6, 6.07) is 11.9. The topological polar surface area (TPSA) is 132 Å². The molecule has 1 saturated heterocycles. The van der Waals surface area contributed by atoms with Crippen molar-refractivity contribution in [3.05, 3.63) is 42.5 Å². The maximum absolute atomic E-state index is 10.2. The Kier molecular flexibility index (Phi) is 4.58. The normalized spacial score (nSPS) is 28.5. The highest BCUT2D eigenvalue weighted by Crippen LogP contribution is 2.33. The fourth-order valence-electron chi connectivity index (χ4n) is 3.23. The van der Waals surface area contributed by atoms with Gasteiger partial charge in [-0.05, 0) is 30.3 Å². The van der Waals surface area contributed by atoms with Crippen molar-refractivity contribution in [2.45, 2.75) is 30.7 Å². The SMILES string of the molecule is OC[C@H]1OC(Oc2cccc3nc4cccc(O)c4cc23)[C@H](O)[C@@H](O)[C@H]1O. The van der Waals surface area contributed by atoms with Crippen molar-refractivity contribution >= 4 is 21.8 Å². The van der Waals surface area contributed by atoms with Gasteiger partial charge in [0.2, 0.25) is 6.29 Å². The smallest absolute Gasteiger partial charge is 0.229 e. The first-order valence-electron chi connectivity index (χ1n) is 8.48. The van der Waals surface area contributed by atoms with E-state index in [1.165, 1.54) is 0 Å². The summed E-state index contributed by atoms with van der Waals surface area (Å²) in [6.07, 6.45) is -6.86. The van der Waals surface area contributed by atoms with Gasteiger partial charge in [0, 0.05) is 10.8 Å². The first kappa shape index (κ1) is 17.9. The van der Waals surface area contributed by atoms with E-state index in [0.717, 1.165) is 0 Å². The summed E-state index contributed by atoms with van der Waals surface area (Å²) in [6.45, 7) is -0.541. The van der Waals surface area contributed by atoms with Crippen molar-refractivity contribution in [1.29, 1.82) is 0 Å². The first-order valence-corrected chi connectivity index (χ1v) is 8.48. The Bertz CT molecular complexity index is 977. The second kappa shape index (κ2) is 6.91. The minimum Gasteiger partial charge on any atom is -0.507 e. The molecule has 8 heteroatoms. The molecule has 5 atom stereocenters. The van der Waals surface area contributed by atoms with Crippen molar-refractivity contribution < 1.29 is 35.0 Å². The van der Waals surface area contributed by atoms with E-state index in [1.54, 1.807) is 42.5 Å². The molecule has 0 radical (unpaired) electrons. The molecule has 0 bridgehead atoms. The van der Waals surface area contributed by atoms with Crippen molar-refractivity contribution in [3.63, 3.8) is 0 Å². The van der Waals surface area contributed by atoms with Gasteiger partial charge in [-0.3, -0.25) is 0 Å². The standard InChI is InChI=1S/C19H19NO7/c21-8-15-16(23)17(24)18(25)19(27-15)26-14-6-2-4-12-10(14)7-9-11(20-12)3-1-5-13(9)22/h1-7,15-19,21-25H,8H2/t15-,16+,17+,18-,19?/m1/s1. The van der Waals surface area contributed by atoms with Gasteiger partial charge in [0.15, 0.2) is 0 Å². The van der Waals surface area contributed by atoms with Crippen LogP contribution in [0.4, 0.5) is 0 Å². The van der Waals surface area contributed by atoms with Gasteiger partial charge in [-0.25, -0.2) is 4.98 Å². The third-order valence-corrected chi connectivity index (χ3v) is 4.72. The molecule has 2 heterocycles. The van der Waals surface area contributed by atoms with E-state index in [1.807, 2.05) is 0 Å². The van der Waals surface area contributed by atoms with Gasteiger partial charge in [-0.15, -0.1) is 0 Å². The number of phenols is 1. The number of hydrogen-bond donors (Lipinski definition) is 5. The molecular weight excluding hydrogens is 354 g/mol. The van der Waals surface area contributed by atoms with E-state index in [2.05, 4.69) is 4.98 Å². The summed E-state index contributed by atoms with van der Waals surface area (Å²) in [5, 5.41) is 50.5. The molecule has 0 spiro atoms. The van der Waals surface area contributed by atoms with Crippen molar-refractivity contribution in [2.75, 3.05) is 6.61 Å². The predicted molar refractivity (Wildman–Crippen MR) is 95.3 cm³/mol. The highest BCUT2D eigenvalue weighted by molar-refractivity contribution is 5.98. The lowest BCUT2D eigenvalue weighted by atomic mass is 9.99. The highest BCUT2D eigenvalue weighted by Gasteiger charge is 2.44. The van der Waals surface area contributed by atoms with Crippen LogP contribution in [0.15, 0.2) is 42.5 Å². The highest BCUT2D eigenvalue weighted by atomic mass is 16.7. The summed E-state index contributed by atoms with van der Waals surface area (Å²) < 4.78 is 11.1. The molecule has 8 nitrogen and oxygen atoms in total. The van der Waals surface area contributed by atoms with Crippen LogP contribution in [0.2, 0.25) is 0 Å². The Hall–Kier alpha value is -2.49. The minimum absolute atomic E-state index is 0.0737. The van der Waals surface area contributed by atoms with Crippen molar-refractivity contribution in [3.8, 4) is 11.5 Å². The predicted octanol–water partition coefficient (Wildman–Crippen LogP) is 0.272. The molecule has 1 aliphatic heterocycles. The molecule has 1 fully saturated rings. The van der Waals surface area contributed by atoms with E-state index >= 15 is 0 Å². The Balaban J connectivity index is 1.74. The fraction of sp³-hybridized carbons (Fsp3) is 0.316. The number of aliphatic hydroxyl groups excluding tert-OH is 4. The third kappa shape index (κ3) is 3.07. The van der Waals surface area contributed by atoms with Gasteiger partial charge in [0.1, 0.15) is 35.9 Å². The average Bonchev–Trinajstić information content (AvgIpc) is 2.67. The maximum atomic E-state index is 10.2. The molecule has 1 aromatic heterocycles. The molecule has 1 aliphatic rings. The lowest BCUT2D eigenvalue weighted by Crippen LogP contribution is -2.60. The number of rotatable bonds is 3. The zero-order valence-electron chi connectivity index (χ0n) is 14.1. The van der Waals surface area contributed by atoms with Crippen LogP contribution in [-0.2, 0) is 4.74 Å². The zero-order valence-corrected chi connectivity index (χ0v) is 14.1. The molecule has 5 N–H and O–H groups in total. The number of ether oxygens (including phenoxy) is 2. The molecule has 4 rings (SSSR count). The van der Waals surface area contributed by atoms with Crippen molar-refractivity contribution in [1.82, 2.24) is 4.98 Å². The van der Waals surface area contributed by atoms with E-state index in [-0.39, 0.29) is 5.75 Å². The largest absolute Gasteiger partial charge is 0.507 e. The average molecular weight is 373 g/mol. The number of fused-ring (bicyclic) bond motifs is 2. The van der Waals surface area contributed by atoms with E-state index < -0.39 is 37.3 Å². The molecule has 0 saturated carbocycles. The summed E-state index contributed by atoms with van der Waals surface area (Å²) in [5.41, 5.74) is 1.22. The Morgan fingerprint density at radius 2 is 1.63 bits per heavy atom. The number of aromatic hydroxyl groups is 1. The Morgan fingerprint density at radius 3 is 2.37 bits per heavy atom. The van der Waals surface area contributed by atoms with Crippen LogP contribution in [0.5, 0.6) is 11.5 Å². The second-order valence-corrected chi connectivity index (χ2v) is 6.47. The van der Waals surface area contributed by atoms with Crippen LogP contribution in [0.1, 0.15) is 0 Å². The first-order chi connectivity index (χ1) is 13.0. The summed E-state index contributed by atoms with van der Waals surface area (Å²) in [4.78, 5) is 4.50. The van der Waals surface area contributed by atoms with E-state index in [4.69, 9.17) is 9.47 Å². The van der Waals surface area contributed by atoms with Gasteiger partial charge >= 0.3 is 0 Å². The Labute approximate surface area is 153 Å². The number of nitrogens with zero attached hydrogens (tertiary/aromatic N) is 1. The van der Waals surface area contributed by atoms with Crippen LogP contribution in [0.25, 0.3) is 21.8 Å². The zero-order chi connectivity index (χ0) is 19.1. The van der Waals surface area contributed by atoms with E-state index in [9.17, 15) is 25.5 Å². The molecule has 0 aliphatic carbocycles. The number of aromatic nitrogens is 1. The summed E-state index contributed by atoms with van der Waals surface area (Å²) in [5.74, 6) is 0.388. The number of benzene rings is 2. The number of phenolic OH excluding ortho intramolecular Hbond substituents is 1. The molecule has 142 valence electrons.